The highest BCUT2D eigenvalue weighted by Crippen LogP contribution is 2.37. The summed E-state index contributed by atoms with van der Waals surface area (Å²) in [6.07, 6.45) is 0.306. The standard InChI is InChI=1S/C12H19N3O4/c1-11(2,3)19-10(18)13-7-5-12(6-7)8(16)15(4)9(17)14-12/h7H,5-6H2,1-4H3,(H,13,18)(H,14,17). The molecule has 0 radical (unpaired) electrons. The Kier molecular flexibility index (Phi) is 2.95. The number of nitrogens with zero attached hydrogens (tertiary/aromatic N) is 1. The first kappa shape index (κ1) is 13.6. The van der Waals surface area contributed by atoms with Gasteiger partial charge < -0.3 is 15.4 Å². The van der Waals surface area contributed by atoms with Gasteiger partial charge in [-0.15, -0.1) is 0 Å². The number of likely N-dealkylation sites (N-methyl/N-ethyl adjacent to an activating group) is 1. The van der Waals surface area contributed by atoms with E-state index in [2.05, 4.69) is 10.6 Å². The number of nitrogens with one attached hydrogen (secondary N) is 2. The van der Waals surface area contributed by atoms with E-state index in [1.54, 1.807) is 20.8 Å². The van der Waals surface area contributed by atoms with E-state index in [9.17, 15) is 14.4 Å². The zero-order valence-corrected chi connectivity index (χ0v) is 11.6. The number of carbonyl (C=O) groups is 3. The molecular weight excluding hydrogens is 250 g/mol. The maximum atomic E-state index is 11.9. The molecule has 0 bridgehead atoms. The van der Waals surface area contributed by atoms with Crippen LogP contribution >= 0.6 is 0 Å². The number of urea groups is 1. The van der Waals surface area contributed by atoms with Crippen LogP contribution in [0, 0.1) is 0 Å². The molecule has 1 saturated heterocycles. The molecule has 0 atom stereocenters. The van der Waals surface area contributed by atoms with Gasteiger partial charge in [0.1, 0.15) is 11.1 Å². The fourth-order valence-electron chi connectivity index (χ4n) is 2.39. The Bertz CT molecular complexity index is 435. The molecule has 7 nitrogen and oxygen atoms in total. The lowest BCUT2D eigenvalue weighted by molar-refractivity contribution is -0.134. The molecule has 0 aromatic rings. The van der Waals surface area contributed by atoms with Gasteiger partial charge in [-0.25, -0.2) is 9.59 Å². The minimum atomic E-state index is -0.828. The van der Waals surface area contributed by atoms with Crippen LogP contribution in [0.1, 0.15) is 33.6 Å². The van der Waals surface area contributed by atoms with E-state index < -0.39 is 17.2 Å². The number of amides is 4. The third kappa shape index (κ3) is 2.50. The maximum Gasteiger partial charge on any atom is 0.407 e. The minimum absolute atomic E-state index is 0.148. The van der Waals surface area contributed by atoms with E-state index in [1.165, 1.54) is 7.05 Å². The number of hydrogen-bond donors (Lipinski definition) is 2. The summed E-state index contributed by atoms with van der Waals surface area (Å²) in [6, 6.07) is -0.536. The third-order valence-corrected chi connectivity index (χ3v) is 3.28. The molecule has 2 rings (SSSR count). The van der Waals surface area contributed by atoms with Crippen molar-refractivity contribution < 1.29 is 19.1 Å². The molecule has 1 aliphatic heterocycles. The Morgan fingerprint density at radius 2 is 2.00 bits per heavy atom. The molecule has 0 aromatic heterocycles. The van der Waals surface area contributed by atoms with Gasteiger partial charge >= 0.3 is 12.1 Å². The predicted octanol–water partition coefficient (Wildman–Crippen LogP) is 0.594. The van der Waals surface area contributed by atoms with Gasteiger partial charge in [0.15, 0.2) is 0 Å². The highest BCUT2D eigenvalue weighted by atomic mass is 16.6. The van der Waals surface area contributed by atoms with Crippen LogP contribution in [0.15, 0.2) is 0 Å². The molecule has 1 spiro atoms. The topological polar surface area (TPSA) is 87.7 Å². The van der Waals surface area contributed by atoms with Crippen LogP contribution in [0.5, 0.6) is 0 Å². The minimum Gasteiger partial charge on any atom is -0.444 e. The number of carbonyl (C=O) groups excluding carboxylic acids is 3. The lowest BCUT2D eigenvalue weighted by Crippen LogP contribution is -2.64. The summed E-state index contributed by atoms with van der Waals surface area (Å²) in [5.74, 6) is -0.236. The number of hydrogen-bond acceptors (Lipinski definition) is 4. The van der Waals surface area contributed by atoms with E-state index in [0.717, 1.165) is 4.90 Å². The van der Waals surface area contributed by atoms with Crippen molar-refractivity contribution in [2.75, 3.05) is 7.05 Å². The zero-order chi connectivity index (χ0) is 14.4. The number of ether oxygens (including phenoxy) is 1. The summed E-state index contributed by atoms with van der Waals surface area (Å²) in [6.45, 7) is 5.35. The van der Waals surface area contributed by atoms with Crippen LogP contribution in [0.2, 0.25) is 0 Å². The van der Waals surface area contributed by atoms with Crippen LogP contribution in [-0.4, -0.2) is 47.2 Å². The Labute approximate surface area is 111 Å². The van der Waals surface area contributed by atoms with Gasteiger partial charge in [-0.3, -0.25) is 9.69 Å². The number of rotatable bonds is 1. The lowest BCUT2D eigenvalue weighted by Gasteiger charge is -2.42. The summed E-state index contributed by atoms with van der Waals surface area (Å²) in [5.41, 5.74) is -1.38. The van der Waals surface area contributed by atoms with Crippen molar-refractivity contribution in [1.29, 1.82) is 0 Å². The molecule has 0 aromatic carbocycles. The van der Waals surface area contributed by atoms with Gasteiger partial charge in [0.2, 0.25) is 0 Å². The molecule has 7 heteroatoms. The molecule has 2 N–H and O–H groups in total. The van der Waals surface area contributed by atoms with Crippen molar-refractivity contribution in [2.24, 2.45) is 0 Å². The monoisotopic (exact) mass is 269 g/mol. The SMILES string of the molecule is CN1C(=O)NC2(CC(NC(=O)OC(C)(C)C)C2)C1=O. The highest BCUT2D eigenvalue weighted by molar-refractivity contribution is 6.07. The quantitative estimate of drug-likeness (QED) is 0.682. The third-order valence-electron chi connectivity index (χ3n) is 3.28. The zero-order valence-electron chi connectivity index (χ0n) is 11.6. The summed E-state index contributed by atoms with van der Waals surface area (Å²) < 4.78 is 5.13. The molecule has 0 unspecified atom stereocenters. The molecular formula is C12H19N3O4. The van der Waals surface area contributed by atoms with Crippen LogP contribution in [-0.2, 0) is 9.53 Å². The van der Waals surface area contributed by atoms with Crippen LogP contribution in [0.25, 0.3) is 0 Å². The molecule has 106 valence electrons. The smallest absolute Gasteiger partial charge is 0.407 e. The molecule has 1 saturated carbocycles. The molecule has 4 amide bonds. The first-order chi connectivity index (χ1) is 8.63. The van der Waals surface area contributed by atoms with E-state index in [1.807, 2.05) is 0 Å². The molecule has 1 heterocycles. The highest BCUT2D eigenvalue weighted by Gasteiger charge is 2.58. The summed E-state index contributed by atoms with van der Waals surface area (Å²) in [4.78, 5) is 35.9. The van der Waals surface area contributed by atoms with Gasteiger partial charge in [0, 0.05) is 25.9 Å². The number of imide groups is 1. The second-order valence-corrected chi connectivity index (χ2v) is 6.13. The van der Waals surface area contributed by atoms with E-state index in [4.69, 9.17) is 4.74 Å². The second kappa shape index (κ2) is 4.11. The van der Waals surface area contributed by atoms with Crippen LogP contribution in [0.3, 0.4) is 0 Å². The lowest BCUT2D eigenvalue weighted by atomic mass is 9.72. The Balaban J connectivity index is 1.86. The average Bonchev–Trinajstić information content (AvgIpc) is 2.40. The van der Waals surface area contributed by atoms with Crippen molar-refractivity contribution in [3.63, 3.8) is 0 Å². The summed E-state index contributed by atoms with van der Waals surface area (Å²) >= 11 is 0. The average molecular weight is 269 g/mol. The summed E-state index contributed by atoms with van der Waals surface area (Å²) in [7, 11) is 1.45. The largest absolute Gasteiger partial charge is 0.444 e. The maximum absolute atomic E-state index is 11.9. The van der Waals surface area contributed by atoms with Crippen molar-refractivity contribution in [2.45, 2.75) is 50.8 Å². The second-order valence-electron chi connectivity index (χ2n) is 6.13. The van der Waals surface area contributed by atoms with E-state index >= 15 is 0 Å². The fourth-order valence-corrected chi connectivity index (χ4v) is 2.39. The fraction of sp³-hybridized carbons (Fsp3) is 0.750. The van der Waals surface area contributed by atoms with Crippen LogP contribution in [0.4, 0.5) is 9.59 Å². The van der Waals surface area contributed by atoms with Gasteiger partial charge in [0.05, 0.1) is 0 Å². The predicted molar refractivity (Wildman–Crippen MR) is 66.4 cm³/mol. The Morgan fingerprint density at radius 1 is 1.42 bits per heavy atom. The number of alkyl carbamates (subject to hydrolysis) is 1. The van der Waals surface area contributed by atoms with Crippen molar-refractivity contribution in [3.8, 4) is 0 Å². The molecule has 19 heavy (non-hydrogen) atoms. The Hall–Kier alpha value is -1.79. The molecule has 2 aliphatic rings. The van der Waals surface area contributed by atoms with Crippen molar-refractivity contribution >= 4 is 18.0 Å². The van der Waals surface area contributed by atoms with E-state index in [0.29, 0.717) is 12.8 Å². The van der Waals surface area contributed by atoms with Crippen molar-refractivity contribution in [1.82, 2.24) is 15.5 Å². The first-order valence-electron chi connectivity index (χ1n) is 6.23. The van der Waals surface area contributed by atoms with Gasteiger partial charge in [0.25, 0.3) is 5.91 Å². The van der Waals surface area contributed by atoms with Gasteiger partial charge in [-0.2, -0.15) is 0 Å². The van der Waals surface area contributed by atoms with E-state index in [-0.39, 0.29) is 18.0 Å². The summed E-state index contributed by atoms with van der Waals surface area (Å²) in [5, 5.41) is 5.35. The van der Waals surface area contributed by atoms with Gasteiger partial charge in [-0.1, -0.05) is 0 Å². The normalized spacial score (nSPS) is 30.1. The Morgan fingerprint density at radius 3 is 2.42 bits per heavy atom. The first-order valence-corrected chi connectivity index (χ1v) is 6.23. The van der Waals surface area contributed by atoms with Crippen molar-refractivity contribution in [3.05, 3.63) is 0 Å². The molecule has 1 aliphatic carbocycles. The molecule has 2 fully saturated rings. The van der Waals surface area contributed by atoms with Crippen LogP contribution < -0.4 is 10.6 Å². The van der Waals surface area contributed by atoms with Gasteiger partial charge in [-0.05, 0) is 20.8 Å².